The second kappa shape index (κ2) is 8.65. The molecule has 2 heterocycles. The van der Waals surface area contributed by atoms with Crippen molar-refractivity contribution in [3.05, 3.63) is 65.9 Å². The Hall–Kier alpha value is -2.87. The van der Waals surface area contributed by atoms with Crippen LogP contribution in [-0.4, -0.2) is 58.0 Å². The molecule has 0 amide bonds. The predicted octanol–water partition coefficient (Wildman–Crippen LogP) is 2.11. The number of aromatic nitrogens is 2. The molecule has 7 nitrogen and oxygen atoms in total. The normalized spacial score (nSPS) is 13.8. The largest absolute Gasteiger partial charge is 0.454 e. The minimum atomic E-state index is -0.770. The summed E-state index contributed by atoms with van der Waals surface area (Å²) in [4.78, 5) is 1.97. The molecule has 152 valence electrons. The zero-order valence-electron chi connectivity index (χ0n) is 16.4. The molecular formula is C22H25N3O4. The van der Waals surface area contributed by atoms with Crippen molar-refractivity contribution in [2.24, 2.45) is 0 Å². The van der Waals surface area contributed by atoms with Gasteiger partial charge in [0.2, 0.25) is 6.79 Å². The number of rotatable bonds is 8. The van der Waals surface area contributed by atoms with Crippen molar-refractivity contribution >= 4 is 0 Å². The fourth-order valence-corrected chi connectivity index (χ4v) is 3.49. The molecule has 3 aromatic rings. The van der Waals surface area contributed by atoms with E-state index in [1.54, 1.807) is 0 Å². The average molecular weight is 395 g/mol. The number of aliphatic hydroxyl groups is 2. The van der Waals surface area contributed by atoms with Crippen molar-refractivity contribution in [3.8, 4) is 22.8 Å². The molecule has 2 aromatic carbocycles. The van der Waals surface area contributed by atoms with Crippen LogP contribution in [0.4, 0.5) is 0 Å². The molecular weight excluding hydrogens is 370 g/mol. The maximum Gasteiger partial charge on any atom is 0.231 e. The van der Waals surface area contributed by atoms with Gasteiger partial charge in [0.15, 0.2) is 11.5 Å². The van der Waals surface area contributed by atoms with Crippen LogP contribution >= 0.6 is 0 Å². The maximum atomic E-state index is 9.76. The first-order valence-corrected chi connectivity index (χ1v) is 9.60. The second-order valence-corrected chi connectivity index (χ2v) is 7.29. The molecule has 0 radical (unpaired) electrons. The molecule has 1 unspecified atom stereocenters. The minimum absolute atomic E-state index is 0.232. The van der Waals surface area contributed by atoms with Crippen LogP contribution in [-0.2, 0) is 13.1 Å². The summed E-state index contributed by atoms with van der Waals surface area (Å²) in [5.41, 5.74) is 4.02. The molecule has 2 N–H and O–H groups in total. The zero-order valence-corrected chi connectivity index (χ0v) is 16.4. The van der Waals surface area contributed by atoms with Gasteiger partial charge in [0.25, 0.3) is 0 Å². The molecule has 0 bridgehead atoms. The molecule has 1 aliphatic heterocycles. The summed E-state index contributed by atoms with van der Waals surface area (Å²) in [7, 11) is 1.91. The highest BCUT2D eigenvalue weighted by atomic mass is 16.7. The van der Waals surface area contributed by atoms with Gasteiger partial charge in [-0.1, -0.05) is 30.3 Å². The van der Waals surface area contributed by atoms with Crippen LogP contribution in [0.3, 0.4) is 0 Å². The number of nitrogens with zero attached hydrogens (tertiary/aromatic N) is 3. The summed E-state index contributed by atoms with van der Waals surface area (Å²) >= 11 is 0. The van der Waals surface area contributed by atoms with Gasteiger partial charge in [-0.15, -0.1) is 0 Å². The van der Waals surface area contributed by atoms with E-state index in [1.165, 1.54) is 5.56 Å². The fourth-order valence-electron chi connectivity index (χ4n) is 3.49. The van der Waals surface area contributed by atoms with Gasteiger partial charge in [0.1, 0.15) is 0 Å². The second-order valence-electron chi connectivity index (χ2n) is 7.29. The van der Waals surface area contributed by atoms with Crippen molar-refractivity contribution in [2.45, 2.75) is 19.2 Å². The summed E-state index contributed by atoms with van der Waals surface area (Å²) in [5, 5.41) is 23.7. The number of aliphatic hydroxyl groups excluding tert-OH is 2. The van der Waals surface area contributed by atoms with Crippen LogP contribution in [0.2, 0.25) is 0 Å². The van der Waals surface area contributed by atoms with E-state index < -0.39 is 6.10 Å². The SMILES string of the molecule is CN(Cc1cn(Cc2ccccc2)nc1-c1ccc2c(c1)OCO2)CC(O)CO. The third kappa shape index (κ3) is 4.59. The number of benzene rings is 2. The quantitative estimate of drug-likeness (QED) is 0.608. The molecule has 7 heteroatoms. The van der Waals surface area contributed by atoms with E-state index in [-0.39, 0.29) is 13.4 Å². The van der Waals surface area contributed by atoms with Gasteiger partial charge in [0, 0.05) is 30.4 Å². The molecule has 1 aliphatic rings. The maximum absolute atomic E-state index is 9.76. The van der Waals surface area contributed by atoms with Crippen LogP contribution in [0.5, 0.6) is 11.5 Å². The van der Waals surface area contributed by atoms with Crippen LogP contribution < -0.4 is 9.47 Å². The molecule has 1 aromatic heterocycles. The first kappa shape index (κ1) is 19.4. The highest BCUT2D eigenvalue weighted by Gasteiger charge is 2.19. The zero-order chi connectivity index (χ0) is 20.2. The average Bonchev–Trinajstić information content (AvgIpc) is 3.34. The number of hydrogen-bond donors (Lipinski definition) is 2. The molecule has 0 aliphatic carbocycles. The first-order chi connectivity index (χ1) is 14.1. The van der Waals surface area contributed by atoms with E-state index in [4.69, 9.17) is 19.7 Å². The van der Waals surface area contributed by atoms with Crippen molar-refractivity contribution in [1.29, 1.82) is 0 Å². The van der Waals surface area contributed by atoms with Gasteiger partial charge in [-0.05, 0) is 30.8 Å². The predicted molar refractivity (Wildman–Crippen MR) is 109 cm³/mol. The molecule has 0 spiro atoms. The van der Waals surface area contributed by atoms with Gasteiger partial charge in [-0.25, -0.2) is 0 Å². The summed E-state index contributed by atoms with van der Waals surface area (Å²) in [5.74, 6) is 1.46. The third-order valence-corrected chi connectivity index (χ3v) is 4.84. The molecule has 29 heavy (non-hydrogen) atoms. The molecule has 1 atom stereocenters. The Morgan fingerprint density at radius 1 is 1.14 bits per heavy atom. The Morgan fingerprint density at radius 3 is 2.72 bits per heavy atom. The van der Waals surface area contributed by atoms with E-state index in [2.05, 4.69) is 12.1 Å². The van der Waals surface area contributed by atoms with E-state index in [9.17, 15) is 5.11 Å². The van der Waals surface area contributed by atoms with Gasteiger partial charge in [-0.3, -0.25) is 9.58 Å². The Kier molecular flexibility index (Phi) is 5.80. The Morgan fingerprint density at radius 2 is 1.93 bits per heavy atom. The summed E-state index contributed by atoms with van der Waals surface area (Å²) in [6.07, 6.45) is 1.27. The van der Waals surface area contributed by atoms with E-state index in [1.807, 2.05) is 59.2 Å². The topological polar surface area (TPSA) is 80.0 Å². The van der Waals surface area contributed by atoms with Gasteiger partial charge in [-0.2, -0.15) is 5.10 Å². The molecule has 0 saturated heterocycles. The summed E-state index contributed by atoms with van der Waals surface area (Å²) in [6.45, 7) is 1.61. The van der Waals surface area contributed by atoms with Gasteiger partial charge in [0.05, 0.1) is 24.9 Å². The van der Waals surface area contributed by atoms with Crippen molar-refractivity contribution in [1.82, 2.24) is 14.7 Å². The van der Waals surface area contributed by atoms with Gasteiger partial charge < -0.3 is 19.7 Å². The van der Waals surface area contributed by atoms with Crippen molar-refractivity contribution < 1.29 is 19.7 Å². The lowest BCUT2D eigenvalue weighted by atomic mass is 10.1. The Bertz CT molecular complexity index is 958. The highest BCUT2D eigenvalue weighted by Crippen LogP contribution is 2.36. The molecule has 4 rings (SSSR count). The Balaban J connectivity index is 1.64. The van der Waals surface area contributed by atoms with Crippen molar-refractivity contribution in [3.63, 3.8) is 0 Å². The van der Waals surface area contributed by atoms with E-state index in [0.717, 1.165) is 28.3 Å². The van der Waals surface area contributed by atoms with Crippen LogP contribution in [0, 0.1) is 0 Å². The standard InChI is InChI=1S/C22H25N3O4/c1-24(13-19(27)14-26)11-18-12-25(10-16-5-3-2-4-6-16)23-22(18)17-7-8-20-21(9-17)29-15-28-20/h2-9,12,19,26-27H,10-11,13-15H2,1H3. The third-order valence-electron chi connectivity index (χ3n) is 4.84. The lowest BCUT2D eigenvalue weighted by molar-refractivity contribution is 0.0648. The lowest BCUT2D eigenvalue weighted by Gasteiger charge is -2.19. The minimum Gasteiger partial charge on any atom is -0.454 e. The summed E-state index contributed by atoms with van der Waals surface area (Å²) < 4.78 is 12.9. The molecule has 0 saturated carbocycles. The monoisotopic (exact) mass is 395 g/mol. The first-order valence-electron chi connectivity index (χ1n) is 9.60. The van der Waals surface area contributed by atoms with Crippen LogP contribution in [0.15, 0.2) is 54.7 Å². The van der Waals surface area contributed by atoms with Crippen LogP contribution in [0.1, 0.15) is 11.1 Å². The number of hydrogen-bond acceptors (Lipinski definition) is 6. The number of likely N-dealkylation sites (N-methyl/N-ethyl adjacent to an activating group) is 1. The smallest absolute Gasteiger partial charge is 0.231 e. The van der Waals surface area contributed by atoms with Crippen LogP contribution in [0.25, 0.3) is 11.3 Å². The number of fused-ring (bicyclic) bond motifs is 1. The molecule has 0 fully saturated rings. The number of ether oxygens (including phenoxy) is 2. The fraction of sp³-hybridized carbons (Fsp3) is 0.318. The lowest BCUT2D eigenvalue weighted by Crippen LogP contribution is -2.31. The van der Waals surface area contributed by atoms with E-state index in [0.29, 0.717) is 19.6 Å². The van der Waals surface area contributed by atoms with Crippen molar-refractivity contribution in [2.75, 3.05) is 27.0 Å². The highest BCUT2D eigenvalue weighted by molar-refractivity contribution is 5.67. The van der Waals surface area contributed by atoms with E-state index >= 15 is 0 Å². The summed E-state index contributed by atoms with van der Waals surface area (Å²) in [6, 6.07) is 16.0. The van der Waals surface area contributed by atoms with Gasteiger partial charge >= 0.3 is 0 Å². The Labute approximate surface area is 169 Å².